The van der Waals surface area contributed by atoms with Gasteiger partial charge >= 0.3 is 0 Å². The van der Waals surface area contributed by atoms with Crippen LogP contribution in [-0.4, -0.2) is 42.4 Å². The van der Waals surface area contributed by atoms with E-state index in [0.717, 1.165) is 18.5 Å². The molecule has 0 saturated carbocycles. The third-order valence-electron chi connectivity index (χ3n) is 4.84. The molecule has 0 aromatic heterocycles. The van der Waals surface area contributed by atoms with Gasteiger partial charge in [0.1, 0.15) is 6.04 Å². The Morgan fingerprint density at radius 1 is 1.38 bits per heavy atom. The lowest BCUT2D eigenvalue weighted by Gasteiger charge is -2.38. The molecule has 2 N–H and O–H groups in total. The standard InChI is InChI=1S/C18H27N3O2.ClH/c1-4-13(2)16(19)18(23)20(3)15-11-8-12-21(17(15)22)14-9-6-5-7-10-14;/h5-7,9-10,13,15-16H,4,8,11-12,19H2,1-3H3;1H. The van der Waals surface area contributed by atoms with E-state index in [2.05, 4.69) is 0 Å². The van der Waals surface area contributed by atoms with Gasteiger partial charge in [-0.15, -0.1) is 12.4 Å². The molecule has 1 heterocycles. The van der Waals surface area contributed by atoms with Crippen LogP contribution in [0.3, 0.4) is 0 Å². The number of rotatable bonds is 5. The summed E-state index contributed by atoms with van der Waals surface area (Å²) in [4.78, 5) is 28.7. The Bertz CT molecular complexity index is 552. The zero-order chi connectivity index (χ0) is 17.0. The first-order chi connectivity index (χ1) is 11.0. The number of hydrogen-bond acceptors (Lipinski definition) is 3. The number of benzene rings is 1. The fraction of sp³-hybridized carbons (Fsp3) is 0.556. The van der Waals surface area contributed by atoms with Crippen molar-refractivity contribution >= 4 is 29.9 Å². The predicted octanol–water partition coefficient (Wildman–Crippen LogP) is 2.44. The number of likely N-dealkylation sites (N-methyl/N-ethyl adjacent to an activating group) is 1. The van der Waals surface area contributed by atoms with Gasteiger partial charge < -0.3 is 15.5 Å². The van der Waals surface area contributed by atoms with Crippen LogP contribution in [0.4, 0.5) is 5.69 Å². The minimum atomic E-state index is -0.551. The van der Waals surface area contributed by atoms with Crippen LogP contribution >= 0.6 is 12.4 Å². The summed E-state index contributed by atoms with van der Waals surface area (Å²) in [6.45, 7) is 4.68. The van der Waals surface area contributed by atoms with Gasteiger partial charge in [-0.2, -0.15) is 0 Å². The Morgan fingerprint density at radius 3 is 2.58 bits per heavy atom. The number of hydrogen-bond donors (Lipinski definition) is 1. The van der Waals surface area contributed by atoms with Gasteiger partial charge in [-0.05, 0) is 30.9 Å². The number of nitrogens with two attached hydrogens (primary N) is 1. The van der Waals surface area contributed by atoms with Crippen LogP contribution in [0.5, 0.6) is 0 Å². The number of amides is 2. The van der Waals surface area contributed by atoms with Crippen molar-refractivity contribution in [3.05, 3.63) is 30.3 Å². The SMILES string of the molecule is CCC(C)C(N)C(=O)N(C)C1CCCN(c2ccccc2)C1=O.Cl. The first-order valence-electron chi connectivity index (χ1n) is 8.36. The molecule has 0 spiro atoms. The maximum absolute atomic E-state index is 12.8. The average molecular weight is 354 g/mol. The summed E-state index contributed by atoms with van der Waals surface area (Å²) in [6, 6.07) is 8.63. The Balaban J connectivity index is 0.00000288. The number of para-hydroxylation sites is 1. The summed E-state index contributed by atoms with van der Waals surface area (Å²) >= 11 is 0. The fourth-order valence-electron chi connectivity index (χ4n) is 2.97. The van der Waals surface area contributed by atoms with Crippen molar-refractivity contribution < 1.29 is 9.59 Å². The van der Waals surface area contributed by atoms with E-state index in [1.807, 2.05) is 44.2 Å². The Hall–Kier alpha value is -1.59. The number of carbonyl (C=O) groups is 2. The molecule has 1 aromatic carbocycles. The number of halogens is 1. The lowest BCUT2D eigenvalue weighted by molar-refractivity contribution is -0.140. The smallest absolute Gasteiger partial charge is 0.249 e. The van der Waals surface area contributed by atoms with Crippen molar-refractivity contribution in [2.75, 3.05) is 18.5 Å². The summed E-state index contributed by atoms with van der Waals surface area (Å²) in [5, 5.41) is 0. The van der Waals surface area contributed by atoms with Crippen LogP contribution in [0.1, 0.15) is 33.1 Å². The van der Waals surface area contributed by atoms with Gasteiger partial charge in [-0.25, -0.2) is 0 Å². The van der Waals surface area contributed by atoms with Gasteiger partial charge in [-0.3, -0.25) is 9.59 Å². The minimum Gasteiger partial charge on any atom is -0.332 e. The predicted molar refractivity (Wildman–Crippen MR) is 99.3 cm³/mol. The van der Waals surface area contributed by atoms with Gasteiger partial charge in [0.05, 0.1) is 6.04 Å². The van der Waals surface area contributed by atoms with Crippen molar-refractivity contribution in [1.82, 2.24) is 4.90 Å². The monoisotopic (exact) mass is 353 g/mol. The Morgan fingerprint density at radius 2 is 2.00 bits per heavy atom. The highest BCUT2D eigenvalue weighted by molar-refractivity contribution is 6.00. The number of nitrogens with zero attached hydrogens (tertiary/aromatic N) is 2. The van der Waals surface area contributed by atoms with Crippen LogP contribution in [0, 0.1) is 5.92 Å². The highest BCUT2D eigenvalue weighted by atomic mass is 35.5. The van der Waals surface area contributed by atoms with E-state index < -0.39 is 12.1 Å². The van der Waals surface area contributed by atoms with E-state index in [-0.39, 0.29) is 30.1 Å². The second kappa shape index (κ2) is 9.04. The first-order valence-corrected chi connectivity index (χ1v) is 8.36. The molecular formula is C18H28ClN3O2. The van der Waals surface area contributed by atoms with E-state index in [9.17, 15) is 9.59 Å². The molecule has 0 aliphatic carbocycles. The van der Waals surface area contributed by atoms with Gasteiger partial charge in [0, 0.05) is 19.3 Å². The summed E-state index contributed by atoms with van der Waals surface area (Å²) < 4.78 is 0. The van der Waals surface area contributed by atoms with Crippen LogP contribution < -0.4 is 10.6 Å². The van der Waals surface area contributed by atoms with Crippen molar-refractivity contribution in [3.8, 4) is 0 Å². The third kappa shape index (κ3) is 4.28. The van der Waals surface area contributed by atoms with Crippen molar-refractivity contribution in [1.29, 1.82) is 0 Å². The second-order valence-electron chi connectivity index (χ2n) is 6.34. The molecule has 3 unspecified atom stereocenters. The van der Waals surface area contributed by atoms with E-state index in [1.165, 1.54) is 0 Å². The third-order valence-corrected chi connectivity index (χ3v) is 4.84. The topological polar surface area (TPSA) is 66.6 Å². The molecule has 1 aromatic rings. The molecule has 134 valence electrons. The molecule has 6 heteroatoms. The van der Waals surface area contributed by atoms with Crippen molar-refractivity contribution in [2.45, 2.75) is 45.2 Å². The van der Waals surface area contributed by atoms with Gasteiger partial charge in [0.25, 0.3) is 0 Å². The maximum atomic E-state index is 12.8. The molecule has 1 saturated heterocycles. The van der Waals surface area contributed by atoms with Crippen LogP contribution in [-0.2, 0) is 9.59 Å². The van der Waals surface area contributed by atoms with Crippen molar-refractivity contribution in [2.24, 2.45) is 11.7 Å². The zero-order valence-corrected chi connectivity index (χ0v) is 15.5. The van der Waals surface area contributed by atoms with E-state index in [1.54, 1.807) is 16.8 Å². The first kappa shape index (κ1) is 20.5. The second-order valence-corrected chi connectivity index (χ2v) is 6.34. The van der Waals surface area contributed by atoms with E-state index in [0.29, 0.717) is 13.0 Å². The molecule has 1 aliphatic rings. The summed E-state index contributed by atoms with van der Waals surface area (Å²) in [5.74, 6) is -0.0591. The zero-order valence-electron chi connectivity index (χ0n) is 14.6. The average Bonchev–Trinajstić information content (AvgIpc) is 2.60. The number of carbonyl (C=O) groups excluding carboxylic acids is 2. The molecule has 2 amide bonds. The highest BCUT2D eigenvalue weighted by Gasteiger charge is 2.36. The lowest BCUT2D eigenvalue weighted by atomic mass is 9.96. The summed E-state index contributed by atoms with van der Waals surface area (Å²) in [6.07, 6.45) is 2.41. The molecule has 0 bridgehead atoms. The van der Waals surface area contributed by atoms with Crippen LogP contribution in [0.25, 0.3) is 0 Å². The van der Waals surface area contributed by atoms with Gasteiger partial charge in [0.15, 0.2) is 0 Å². The molecule has 3 atom stereocenters. The molecule has 1 fully saturated rings. The van der Waals surface area contributed by atoms with E-state index >= 15 is 0 Å². The summed E-state index contributed by atoms with van der Waals surface area (Å²) in [7, 11) is 1.70. The largest absolute Gasteiger partial charge is 0.332 e. The van der Waals surface area contributed by atoms with Crippen LogP contribution in [0.15, 0.2) is 30.3 Å². The van der Waals surface area contributed by atoms with E-state index in [4.69, 9.17) is 5.73 Å². The van der Waals surface area contributed by atoms with Gasteiger partial charge in [-0.1, -0.05) is 38.5 Å². The molecule has 24 heavy (non-hydrogen) atoms. The number of piperidine rings is 1. The Kier molecular flexibility index (Phi) is 7.70. The molecule has 1 aliphatic heterocycles. The fourth-order valence-corrected chi connectivity index (χ4v) is 2.97. The molecular weight excluding hydrogens is 326 g/mol. The lowest BCUT2D eigenvalue weighted by Crippen LogP contribution is -2.56. The highest BCUT2D eigenvalue weighted by Crippen LogP contribution is 2.23. The maximum Gasteiger partial charge on any atom is 0.249 e. The number of anilines is 1. The minimum absolute atomic E-state index is 0. The molecule has 5 nitrogen and oxygen atoms in total. The van der Waals surface area contributed by atoms with Crippen LogP contribution in [0.2, 0.25) is 0 Å². The van der Waals surface area contributed by atoms with Crippen molar-refractivity contribution in [3.63, 3.8) is 0 Å². The summed E-state index contributed by atoms with van der Waals surface area (Å²) in [5.41, 5.74) is 6.94. The Labute approximate surface area is 150 Å². The van der Waals surface area contributed by atoms with Gasteiger partial charge in [0.2, 0.25) is 11.8 Å². The molecule has 0 radical (unpaired) electrons. The normalized spacial score (nSPS) is 20.1. The quantitative estimate of drug-likeness (QED) is 0.884. The molecule has 2 rings (SSSR count).